The Morgan fingerprint density at radius 3 is 1.98 bits per heavy atom. The number of ether oxygens (including phenoxy) is 3. The number of aliphatic hydroxyl groups is 1. The molecule has 310 valence electrons. The molecular formula is C46H37N7O8S. The molecule has 15 nitrogen and oxygen atoms in total. The van der Waals surface area contributed by atoms with Gasteiger partial charge in [0.25, 0.3) is 10.1 Å². The van der Waals surface area contributed by atoms with Gasteiger partial charge in [-0.15, -0.1) is 20.5 Å². The van der Waals surface area contributed by atoms with Crippen LogP contribution in [-0.4, -0.2) is 44.5 Å². The van der Waals surface area contributed by atoms with Crippen molar-refractivity contribution in [1.29, 1.82) is 0 Å². The Hall–Kier alpha value is -7.79. The van der Waals surface area contributed by atoms with Crippen LogP contribution in [0.5, 0.6) is 23.0 Å². The number of aromatic hydroxyl groups is 1. The summed E-state index contributed by atoms with van der Waals surface area (Å²) in [5.41, 5.74) is 4.10. The van der Waals surface area contributed by atoms with Crippen LogP contribution in [0.25, 0.3) is 32.3 Å². The molecule has 0 aromatic heterocycles. The van der Waals surface area contributed by atoms with Gasteiger partial charge in [-0.25, -0.2) is 0 Å². The molecule has 0 aliphatic heterocycles. The third kappa shape index (κ3) is 8.46. The zero-order valence-corrected chi connectivity index (χ0v) is 34.2. The van der Waals surface area contributed by atoms with Crippen molar-refractivity contribution in [2.24, 2.45) is 30.7 Å². The minimum absolute atomic E-state index is 0.0254. The Labute approximate surface area is 355 Å². The number of nitrogens with one attached hydrogen (secondary N) is 1. The van der Waals surface area contributed by atoms with Gasteiger partial charge in [-0.2, -0.15) is 18.6 Å². The maximum Gasteiger partial charge on any atom is 0.295 e. The number of aliphatic hydroxyl groups excluding tert-OH is 1. The molecule has 0 heterocycles. The van der Waals surface area contributed by atoms with Crippen LogP contribution in [0.15, 0.2) is 169 Å². The maximum absolute atomic E-state index is 12.0. The fraction of sp³-hybridized carbons (Fsp3) is 0.0870. The number of methoxy groups -OCH3 is 3. The number of benzene rings is 8. The van der Waals surface area contributed by atoms with Crippen molar-refractivity contribution in [2.45, 2.75) is 11.5 Å². The van der Waals surface area contributed by atoms with Crippen LogP contribution in [0.3, 0.4) is 0 Å². The smallest absolute Gasteiger partial charge is 0.295 e. The molecular weight excluding hydrogens is 811 g/mol. The average Bonchev–Trinajstić information content (AvgIpc) is 3.29. The molecule has 0 spiro atoms. The predicted molar refractivity (Wildman–Crippen MR) is 238 cm³/mol. The molecule has 8 aromatic carbocycles. The quantitative estimate of drug-likeness (QED) is 0.0641. The van der Waals surface area contributed by atoms with E-state index >= 15 is 0 Å². The van der Waals surface area contributed by atoms with Gasteiger partial charge in [-0.3, -0.25) is 4.55 Å². The summed E-state index contributed by atoms with van der Waals surface area (Å²) in [6.07, 6.45) is 0. The van der Waals surface area contributed by atoms with Gasteiger partial charge < -0.3 is 29.7 Å². The van der Waals surface area contributed by atoms with E-state index in [0.717, 1.165) is 22.5 Å². The standard InChI is InChI=1S/C46H37N7O8S/c1-59-33-17-14-30(15-18-33)47-31-16-19-34-28(21-31)12-20-38(46(34)55)49-53-45-36-9-5-4-8-35(36)40(25-43(45)61-3)51-52-41-22-29(26-54)39(24-42(41)60-2)50-48-32-13-11-27-7-6-10-44(37(27)23-32)62(56,57)58/h4-25,47,54-55H,26H2,1-3H3,(H,56,57,58). The van der Waals surface area contributed by atoms with Gasteiger partial charge in [0.05, 0.1) is 45.0 Å². The number of rotatable bonds is 13. The minimum atomic E-state index is -4.48. The van der Waals surface area contributed by atoms with Crippen molar-refractivity contribution in [3.8, 4) is 23.0 Å². The molecule has 0 atom stereocenters. The van der Waals surface area contributed by atoms with Crippen LogP contribution in [0.2, 0.25) is 0 Å². The molecule has 16 heteroatoms. The first-order valence-corrected chi connectivity index (χ1v) is 20.3. The highest BCUT2D eigenvalue weighted by atomic mass is 32.2. The third-order valence-corrected chi connectivity index (χ3v) is 10.9. The van der Waals surface area contributed by atoms with Gasteiger partial charge in [-0.05, 0) is 83.6 Å². The van der Waals surface area contributed by atoms with E-state index in [1.54, 1.807) is 49.6 Å². The summed E-state index contributed by atoms with van der Waals surface area (Å²) in [4.78, 5) is -0.250. The van der Waals surface area contributed by atoms with Crippen LogP contribution in [-0.2, 0) is 16.7 Å². The number of phenolic OH excluding ortho intramolecular Hbond substituents is 1. The molecule has 8 rings (SSSR count). The second-order valence-electron chi connectivity index (χ2n) is 13.8. The van der Waals surface area contributed by atoms with E-state index in [0.29, 0.717) is 55.6 Å². The topological polar surface area (TPSA) is 209 Å². The van der Waals surface area contributed by atoms with Crippen molar-refractivity contribution in [1.82, 2.24) is 0 Å². The van der Waals surface area contributed by atoms with Crippen molar-refractivity contribution in [3.63, 3.8) is 0 Å². The molecule has 62 heavy (non-hydrogen) atoms. The lowest BCUT2D eigenvalue weighted by molar-refractivity contribution is 0.282. The van der Waals surface area contributed by atoms with Crippen LogP contribution in [0, 0.1) is 0 Å². The van der Waals surface area contributed by atoms with Gasteiger partial charge in [0.1, 0.15) is 39.2 Å². The molecule has 0 aliphatic carbocycles. The minimum Gasteiger partial charge on any atom is -0.505 e. The molecule has 0 fully saturated rings. The third-order valence-electron chi connectivity index (χ3n) is 9.98. The van der Waals surface area contributed by atoms with Gasteiger partial charge in [-0.1, -0.05) is 48.5 Å². The van der Waals surface area contributed by atoms with Crippen molar-refractivity contribution < 1.29 is 37.4 Å². The van der Waals surface area contributed by atoms with E-state index in [-0.39, 0.29) is 33.2 Å². The Morgan fingerprint density at radius 1 is 0.548 bits per heavy atom. The number of phenols is 1. The summed E-state index contributed by atoms with van der Waals surface area (Å²) >= 11 is 0. The van der Waals surface area contributed by atoms with Gasteiger partial charge in [0.2, 0.25) is 0 Å². The van der Waals surface area contributed by atoms with Crippen LogP contribution in [0.1, 0.15) is 5.56 Å². The Morgan fingerprint density at radius 2 is 1.24 bits per heavy atom. The highest BCUT2D eigenvalue weighted by Crippen LogP contribution is 2.45. The molecule has 0 amide bonds. The average molecular weight is 848 g/mol. The molecule has 8 aromatic rings. The number of anilines is 2. The SMILES string of the molecule is COc1ccc(Nc2ccc3c(O)c(N=Nc4c(OC)cc(N=Nc5cc(CO)c(N=Nc6ccc7cccc(S(=O)(=O)O)c7c6)cc5OC)c5ccccc45)ccc3c2)cc1. The van der Waals surface area contributed by atoms with Crippen LogP contribution < -0.4 is 19.5 Å². The lowest BCUT2D eigenvalue weighted by Crippen LogP contribution is -1.98. The lowest BCUT2D eigenvalue weighted by Gasteiger charge is -2.11. The zero-order valence-electron chi connectivity index (χ0n) is 33.4. The Bertz CT molecular complexity index is 3210. The summed E-state index contributed by atoms with van der Waals surface area (Å²) in [5, 5.41) is 55.2. The number of azo groups is 3. The summed E-state index contributed by atoms with van der Waals surface area (Å²) in [6.45, 7) is -0.419. The van der Waals surface area contributed by atoms with Crippen molar-refractivity contribution in [2.75, 3.05) is 26.6 Å². The van der Waals surface area contributed by atoms with Crippen molar-refractivity contribution in [3.05, 3.63) is 139 Å². The number of hydrogen-bond donors (Lipinski definition) is 4. The van der Waals surface area contributed by atoms with Crippen molar-refractivity contribution >= 4 is 87.9 Å². The number of hydrogen-bond acceptors (Lipinski definition) is 14. The lowest BCUT2D eigenvalue weighted by atomic mass is 10.1. The zero-order chi connectivity index (χ0) is 43.4. The van der Waals surface area contributed by atoms with Crippen LogP contribution in [0.4, 0.5) is 45.5 Å². The number of nitrogens with zero attached hydrogens (tertiary/aromatic N) is 6. The Balaban J connectivity index is 1.07. The van der Waals surface area contributed by atoms with Crippen LogP contribution >= 0.6 is 0 Å². The summed E-state index contributed by atoms with van der Waals surface area (Å²) < 4.78 is 50.3. The van der Waals surface area contributed by atoms with E-state index in [1.165, 1.54) is 32.4 Å². The summed E-state index contributed by atoms with van der Waals surface area (Å²) in [5.74, 6) is 1.38. The maximum atomic E-state index is 12.0. The molecule has 4 N–H and O–H groups in total. The summed E-state index contributed by atoms with van der Waals surface area (Å²) in [6, 6.07) is 38.3. The van der Waals surface area contributed by atoms with Gasteiger partial charge in [0, 0.05) is 50.6 Å². The molecule has 0 aliphatic rings. The number of fused-ring (bicyclic) bond motifs is 3. The Kier molecular flexibility index (Phi) is 11.5. The van der Waals surface area contributed by atoms with E-state index in [4.69, 9.17) is 14.2 Å². The second-order valence-corrected chi connectivity index (χ2v) is 15.2. The molecule has 0 bridgehead atoms. The molecule has 0 radical (unpaired) electrons. The second kappa shape index (κ2) is 17.4. The van der Waals surface area contributed by atoms with E-state index < -0.39 is 16.7 Å². The highest BCUT2D eigenvalue weighted by molar-refractivity contribution is 7.86. The fourth-order valence-electron chi connectivity index (χ4n) is 6.86. The first-order chi connectivity index (χ1) is 30.1. The molecule has 0 saturated heterocycles. The normalized spacial score (nSPS) is 12.0. The first kappa shape index (κ1) is 41.0. The van der Waals surface area contributed by atoms with E-state index in [1.807, 2.05) is 72.8 Å². The van der Waals surface area contributed by atoms with Gasteiger partial charge >= 0.3 is 0 Å². The molecule has 0 unspecified atom stereocenters. The predicted octanol–water partition coefficient (Wildman–Crippen LogP) is 12.6. The highest BCUT2D eigenvalue weighted by Gasteiger charge is 2.17. The first-order valence-electron chi connectivity index (χ1n) is 18.9. The fourth-order valence-corrected chi connectivity index (χ4v) is 7.57. The van der Waals surface area contributed by atoms with E-state index in [2.05, 4.69) is 36.0 Å². The summed E-state index contributed by atoms with van der Waals surface area (Å²) in [7, 11) is 0.101. The molecule has 0 saturated carbocycles. The monoisotopic (exact) mass is 847 g/mol. The van der Waals surface area contributed by atoms with E-state index in [9.17, 15) is 23.2 Å². The largest absolute Gasteiger partial charge is 0.505 e. The van der Waals surface area contributed by atoms with Gasteiger partial charge in [0.15, 0.2) is 5.75 Å².